The Labute approximate surface area is 131 Å². The van der Waals surface area contributed by atoms with E-state index in [1.807, 2.05) is 11.8 Å². The highest BCUT2D eigenvalue weighted by Crippen LogP contribution is 2.57. The monoisotopic (exact) mass is 298 g/mol. The van der Waals surface area contributed by atoms with E-state index in [0.717, 1.165) is 12.8 Å². The first kappa shape index (κ1) is 14.7. The molecule has 0 radical (unpaired) electrons. The lowest BCUT2D eigenvalue weighted by atomic mass is 9.97. The number of aliphatic hydroxyl groups excluding tert-OH is 1. The van der Waals surface area contributed by atoms with Crippen molar-refractivity contribution in [3.63, 3.8) is 0 Å². The quantitative estimate of drug-likeness (QED) is 0.883. The summed E-state index contributed by atoms with van der Waals surface area (Å²) in [5.41, 5.74) is 3.99. The summed E-state index contributed by atoms with van der Waals surface area (Å²) >= 11 is 1.91. The Morgan fingerprint density at radius 2 is 1.57 bits per heavy atom. The molecule has 110 valence electrons. The van der Waals surface area contributed by atoms with Gasteiger partial charge in [-0.05, 0) is 44.4 Å². The van der Waals surface area contributed by atoms with Crippen LogP contribution in [0.5, 0.6) is 0 Å². The van der Waals surface area contributed by atoms with Gasteiger partial charge in [-0.25, -0.2) is 0 Å². The summed E-state index contributed by atoms with van der Waals surface area (Å²) in [7, 11) is 0. The molecule has 0 aromatic heterocycles. The third kappa shape index (κ3) is 3.33. The Hall–Kier alpha value is -1.25. The molecule has 3 rings (SSSR count). The van der Waals surface area contributed by atoms with Crippen LogP contribution in [0.15, 0.2) is 53.4 Å². The fourth-order valence-electron chi connectivity index (χ4n) is 2.78. The van der Waals surface area contributed by atoms with Crippen LogP contribution >= 0.6 is 11.8 Å². The van der Waals surface area contributed by atoms with E-state index in [-0.39, 0.29) is 12.0 Å². The summed E-state index contributed by atoms with van der Waals surface area (Å²) in [5.74, 6) is 0. The molecular formula is C19H22OS. The smallest absolute Gasteiger partial charge is 0.0501 e. The molecule has 21 heavy (non-hydrogen) atoms. The average molecular weight is 298 g/mol. The predicted octanol–water partition coefficient (Wildman–Crippen LogP) is 4.39. The Morgan fingerprint density at radius 3 is 2.14 bits per heavy atom. The predicted molar refractivity (Wildman–Crippen MR) is 89.8 cm³/mol. The van der Waals surface area contributed by atoms with Gasteiger partial charge in [0, 0.05) is 15.6 Å². The van der Waals surface area contributed by atoms with Crippen LogP contribution in [-0.4, -0.2) is 17.0 Å². The number of aliphatic hydroxyl groups is 1. The van der Waals surface area contributed by atoms with Crippen molar-refractivity contribution in [1.82, 2.24) is 0 Å². The van der Waals surface area contributed by atoms with Crippen LogP contribution in [0, 0.1) is 19.3 Å². The SMILES string of the molecule is Cc1ccc(CC2(CO)CC2Sc2ccc(C)cc2)cc1. The van der Waals surface area contributed by atoms with Gasteiger partial charge in [-0.2, -0.15) is 0 Å². The number of benzene rings is 2. The number of aryl methyl sites for hydroxylation is 2. The summed E-state index contributed by atoms with van der Waals surface area (Å²) in [6, 6.07) is 17.4. The molecule has 0 heterocycles. The van der Waals surface area contributed by atoms with Crippen LogP contribution in [0.25, 0.3) is 0 Å². The highest BCUT2D eigenvalue weighted by Gasteiger charge is 2.53. The van der Waals surface area contributed by atoms with Gasteiger partial charge in [0.15, 0.2) is 0 Å². The van der Waals surface area contributed by atoms with Crippen molar-refractivity contribution in [3.05, 3.63) is 65.2 Å². The standard InChI is InChI=1S/C19H22OS/c1-14-3-7-16(8-4-14)11-19(13-20)12-18(19)21-17-9-5-15(2)6-10-17/h3-10,18,20H,11-13H2,1-2H3. The Morgan fingerprint density at radius 1 is 1.00 bits per heavy atom. The number of hydrogen-bond donors (Lipinski definition) is 1. The van der Waals surface area contributed by atoms with E-state index in [0.29, 0.717) is 5.25 Å². The maximum absolute atomic E-state index is 9.85. The molecule has 2 aromatic rings. The molecule has 1 fully saturated rings. The van der Waals surface area contributed by atoms with Gasteiger partial charge in [0.25, 0.3) is 0 Å². The zero-order valence-electron chi connectivity index (χ0n) is 12.7. The van der Waals surface area contributed by atoms with Gasteiger partial charge in [-0.1, -0.05) is 47.5 Å². The second-order valence-electron chi connectivity index (χ2n) is 6.31. The highest BCUT2D eigenvalue weighted by molar-refractivity contribution is 8.00. The molecule has 2 aromatic carbocycles. The van der Waals surface area contributed by atoms with Crippen molar-refractivity contribution in [2.24, 2.45) is 5.41 Å². The second-order valence-corrected chi connectivity index (χ2v) is 7.58. The summed E-state index contributed by atoms with van der Waals surface area (Å²) < 4.78 is 0. The van der Waals surface area contributed by atoms with Crippen LogP contribution in [0.2, 0.25) is 0 Å². The molecule has 0 bridgehead atoms. The molecular weight excluding hydrogens is 276 g/mol. The van der Waals surface area contributed by atoms with E-state index in [1.54, 1.807) is 0 Å². The van der Waals surface area contributed by atoms with Gasteiger partial charge >= 0.3 is 0 Å². The molecule has 2 heteroatoms. The van der Waals surface area contributed by atoms with Gasteiger partial charge < -0.3 is 5.11 Å². The minimum Gasteiger partial charge on any atom is -0.396 e. The molecule has 2 atom stereocenters. The van der Waals surface area contributed by atoms with Crippen LogP contribution in [-0.2, 0) is 6.42 Å². The van der Waals surface area contributed by atoms with E-state index in [2.05, 4.69) is 62.4 Å². The van der Waals surface area contributed by atoms with E-state index in [9.17, 15) is 5.11 Å². The van der Waals surface area contributed by atoms with Crippen molar-refractivity contribution < 1.29 is 5.11 Å². The molecule has 0 amide bonds. The Balaban J connectivity index is 1.66. The number of rotatable bonds is 5. The van der Waals surface area contributed by atoms with Crippen molar-refractivity contribution in [2.45, 2.75) is 36.8 Å². The van der Waals surface area contributed by atoms with Gasteiger partial charge in [-0.3, -0.25) is 0 Å². The Kier molecular flexibility index (Phi) is 4.10. The first-order chi connectivity index (χ1) is 10.1. The molecule has 0 aliphatic heterocycles. The van der Waals surface area contributed by atoms with Crippen molar-refractivity contribution in [3.8, 4) is 0 Å². The van der Waals surface area contributed by atoms with Crippen molar-refractivity contribution in [2.75, 3.05) is 6.61 Å². The Bertz CT molecular complexity index is 602. The average Bonchev–Trinajstić information content (AvgIpc) is 3.17. The number of thioether (sulfide) groups is 1. The minimum absolute atomic E-state index is 0.0742. The normalized spacial score (nSPS) is 24.0. The largest absolute Gasteiger partial charge is 0.396 e. The van der Waals surface area contributed by atoms with E-state index >= 15 is 0 Å². The van der Waals surface area contributed by atoms with Gasteiger partial charge in [0.2, 0.25) is 0 Å². The third-order valence-corrected chi connectivity index (χ3v) is 5.90. The maximum Gasteiger partial charge on any atom is 0.0501 e. The van der Waals surface area contributed by atoms with E-state index in [4.69, 9.17) is 0 Å². The van der Waals surface area contributed by atoms with Crippen LogP contribution < -0.4 is 0 Å². The zero-order chi connectivity index (χ0) is 14.9. The highest BCUT2D eigenvalue weighted by atomic mass is 32.2. The lowest BCUT2D eigenvalue weighted by Gasteiger charge is -2.14. The fourth-order valence-corrected chi connectivity index (χ4v) is 4.22. The van der Waals surface area contributed by atoms with Crippen LogP contribution in [0.1, 0.15) is 23.1 Å². The summed E-state index contributed by atoms with van der Waals surface area (Å²) in [6.07, 6.45) is 2.09. The molecule has 1 aliphatic carbocycles. The number of hydrogen-bond acceptors (Lipinski definition) is 2. The maximum atomic E-state index is 9.85. The third-order valence-electron chi connectivity index (χ3n) is 4.41. The summed E-state index contributed by atoms with van der Waals surface area (Å²) in [4.78, 5) is 1.31. The topological polar surface area (TPSA) is 20.2 Å². The lowest BCUT2D eigenvalue weighted by Crippen LogP contribution is -2.14. The zero-order valence-corrected chi connectivity index (χ0v) is 13.5. The molecule has 1 N–H and O–H groups in total. The van der Waals surface area contributed by atoms with Gasteiger partial charge in [-0.15, -0.1) is 11.8 Å². The molecule has 2 unspecified atom stereocenters. The fraction of sp³-hybridized carbons (Fsp3) is 0.368. The van der Waals surface area contributed by atoms with E-state index < -0.39 is 0 Å². The minimum atomic E-state index is 0.0742. The molecule has 1 nitrogen and oxygen atoms in total. The first-order valence-corrected chi connectivity index (χ1v) is 8.39. The van der Waals surface area contributed by atoms with Crippen LogP contribution in [0.4, 0.5) is 0 Å². The second kappa shape index (κ2) is 5.86. The summed E-state index contributed by atoms with van der Waals surface area (Å²) in [5, 5.41) is 10.4. The van der Waals surface area contributed by atoms with Crippen LogP contribution in [0.3, 0.4) is 0 Å². The molecule has 0 saturated heterocycles. The van der Waals surface area contributed by atoms with Gasteiger partial charge in [0.05, 0.1) is 6.61 Å². The molecule has 0 spiro atoms. The lowest BCUT2D eigenvalue weighted by molar-refractivity contribution is 0.212. The molecule has 1 aliphatic rings. The van der Waals surface area contributed by atoms with Crippen molar-refractivity contribution in [1.29, 1.82) is 0 Å². The van der Waals surface area contributed by atoms with E-state index in [1.165, 1.54) is 21.6 Å². The van der Waals surface area contributed by atoms with Gasteiger partial charge in [0.1, 0.15) is 0 Å². The molecule has 1 saturated carbocycles. The first-order valence-electron chi connectivity index (χ1n) is 7.51. The summed E-state index contributed by atoms with van der Waals surface area (Å²) in [6.45, 7) is 4.50. The van der Waals surface area contributed by atoms with Crippen molar-refractivity contribution >= 4 is 11.8 Å².